The number of ketones is 1. The number of carbonyl (C=O) groups excluding carboxylic acids is 1. The SMILES string of the molecule is O=C(c1ccc(Oc2nccnc2-c2cncnc2)cc1)c1ccccn1. The summed E-state index contributed by atoms with van der Waals surface area (Å²) in [6.07, 6.45) is 9.42. The Balaban J connectivity index is 1.57. The summed E-state index contributed by atoms with van der Waals surface area (Å²) in [4.78, 5) is 33.0. The Morgan fingerprint density at radius 2 is 1.59 bits per heavy atom. The molecule has 27 heavy (non-hydrogen) atoms. The number of ether oxygens (including phenoxy) is 1. The van der Waals surface area contributed by atoms with Gasteiger partial charge in [0.05, 0.1) is 0 Å². The largest absolute Gasteiger partial charge is 0.437 e. The average Bonchev–Trinajstić information content (AvgIpc) is 2.75. The van der Waals surface area contributed by atoms with E-state index in [1.54, 1.807) is 73.4 Å². The van der Waals surface area contributed by atoms with Crippen molar-refractivity contribution >= 4 is 5.78 Å². The first-order valence-corrected chi connectivity index (χ1v) is 8.11. The van der Waals surface area contributed by atoms with Crippen LogP contribution < -0.4 is 4.74 Å². The van der Waals surface area contributed by atoms with E-state index in [0.29, 0.717) is 34.1 Å². The van der Waals surface area contributed by atoms with Gasteiger partial charge in [-0.3, -0.25) is 9.78 Å². The summed E-state index contributed by atoms with van der Waals surface area (Å²) in [5.41, 5.74) is 2.15. The lowest BCUT2D eigenvalue weighted by molar-refractivity contribution is 0.103. The van der Waals surface area contributed by atoms with Crippen LogP contribution in [0.2, 0.25) is 0 Å². The maximum Gasteiger partial charge on any atom is 0.246 e. The van der Waals surface area contributed by atoms with Crippen LogP contribution in [0, 0.1) is 0 Å². The normalized spacial score (nSPS) is 10.4. The van der Waals surface area contributed by atoms with Crippen molar-refractivity contribution in [3.05, 3.63) is 91.0 Å². The highest BCUT2D eigenvalue weighted by atomic mass is 16.5. The van der Waals surface area contributed by atoms with Crippen LogP contribution in [0.25, 0.3) is 11.3 Å². The fourth-order valence-electron chi connectivity index (χ4n) is 2.45. The molecule has 0 saturated carbocycles. The number of hydrogen-bond acceptors (Lipinski definition) is 7. The maximum atomic E-state index is 12.4. The first-order chi connectivity index (χ1) is 13.3. The van der Waals surface area contributed by atoms with E-state index in [2.05, 4.69) is 24.9 Å². The van der Waals surface area contributed by atoms with Gasteiger partial charge < -0.3 is 4.74 Å². The van der Waals surface area contributed by atoms with E-state index >= 15 is 0 Å². The number of pyridine rings is 1. The third kappa shape index (κ3) is 3.67. The number of rotatable bonds is 5. The third-order valence-electron chi connectivity index (χ3n) is 3.73. The zero-order chi connectivity index (χ0) is 18.5. The predicted molar refractivity (Wildman–Crippen MR) is 97.2 cm³/mol. The molecular formula is C20H13N5O2. The molecule has 0 fully saturated rings. The summed E-state index contributed by atoms with van der Waals surface area (Å²) in [5.74, 6) is 0.714. The van der Waals surface area contributed by atoms with Crippen molar-refractivity contribution in [3.63, 3.8) is 0 Å². The molecule has 0 amide bonds. The molecule has 0 N–H and O–H groups in total. The monoisotopic (exact) mass is 355 g/mol. The Labute approximate surface area is 154 Å². The highest BCUT2D eigenvalue weighted by molar-refractivity contribution is 6.07. The minimum Gasteiger partial charge on any atom is -0.437 e. The van der Waals surface area contributed by atoms with E-state index < -0.39 is 0 Å². The molecule has 4 rings (SSSR count). The molecule has 1 aromatic carbocycles. The highest BCUT2D eigenvalue weighted by Gasteiger charge is 2.13. The van der Waals surface area contributed by atoms with E-state index in [9.17, 15) is 4.79 Å². The van der Waals surface area contributed by atoms with Crippen molar-refractivity contribution in [2.24, 2.45) is 0 Å². The standard InChI is InChI=1S/C20H13N5O2/c26-19(17-3-1-2-8-23-17)14-4-6-16(7-5-14)27-20-18(24-9-10-25-20)15-11-21-13-22-12-15/h1-13H. The van der Waals surface area contributed by atoms with Gasteiger partial charge in [-0.05, 0) is 36.4 Å². The van der Waals surface area contributed by atoms with Gasteiger partial charge in [-0.2, -0.15) is 0 Å². The number of carbonyl (C=O) groups is 1. The Bertz CT molecular complexity index is 1050. The van der Waals surface area contributed by atoms with Gasteiger partial charge in [0.25, 0.3) is 0 Å². The molecule has 7 nitrogen and oxygen atoms in total. The first-order valence-electron chi connectivity index (χ1n) is 8.11. The van der Waals surface area contributed by atoms with Crippen LogP contribution in [-0.4, -0.2) is 30.7 Å². The van der Waals surface area contributed by atoms with Gasteiger partial charge in [0.15, 0.2) is 0 Å². The van der Waals surface area contributed by atoms with Crippen LogP contribution in [0.5, 0.6) is 11.6 Å². The van der Waals surface area contributed by atoms with Gasteiger partial charge in [-0.1, -0.05) is 6.07 Å². The van der Waals surface area contributed by atoms with Crippen LogP contribution in [0.1, 0.15) is 16.1 Å². The van der Waals surface area contributed by atoms with Crippen LogP contribution in [0.3, 0.4) is 0 Å². The summed E-state index contributed by atoms with van der Waals surface area (Å²) in [7, 11) is 0. The minimum atomic E-state index is -0.149. The van der Waals surface area contributed by atoms with E-state index in [1.165, 1.54) is 6.33 Å². The smallest absolute Gasteiger partial charge is 0.246 e. The van der Waals surface area contributed by atoms with Gasteiger partial charge in [0, 0.05) is 42.1 Å². The minimum absolute atomic E-state index is 0.149. The van der Waals surface area contributed by atoms with Crippen molar-refractivity contribution < 1.29 is 9.53 Å². The van der Waals surface area contributed by atoms with Crippen molar-refractivity contribution in [2.45, 2.75) is 0 Å². The fourth-order valence-corrected chi connectivity index (χ4v) is 2.45. The van der Waals surface area contributed by atoms with Crippen LogP contribution in [0.4, 0.5) is 0 Å². The quantitative estimate of drug-likeness (QED) is 0.507. The van der Waals surface area contributed by atoms with Gasteiger partial charge in [0.2, 0.25) is 11.7 Å². The van der Waals surface area contributed by atoms with Crippen LogP contribution >= 0.6 is 0 Å². The molecule has 0 unspecified atom stereocenters. The van der Waals surface area contributed by atoms with E-state index in [4.69, 9.17) is 4.74 Å². The summed E-state index contributed by atoms with van der Waals surface area (Å²) >= 11 is 0. The number of benzene rings is 1. The van der Waals surface area contributed by atoms with Gasteiger partial charge in [-0.15, -0.1) is 0 Å². The summed E-state index contributed by atoms with van der Waals surface area (Å²) in [6.45, 7) is 0. The fraction of sp³-hybridized carbons (Fsp3) is 0. The molecule has 130 valence electrons. The first kappa shape index (κ1) is 16.5. The van der Waals surface area contributed by atoms with Gasteiger partial charge in [0.1, 0.15) is 23.5 Å². The molecule has 3 heterocycles. The van der Waals surface area contributed by atoms with Crippen LogP contribution in [-0.2, 0) is 0 Å². The molecule has 0 aliphatic carbocycles. The van der Waals surface area contributed by atoms with Crippen molar-refractivity contribution in [1.82, 2.24) is 24.9 Å². The molecule has 0 aliphatic rings. The molecule has 0 atom stereocenters. The molecule has 0 saturated heterocycles. The maximum absolute atomic E-state index is 12.4. The Morgan fingerprint density at radius 3 is 2.33 bits per heavy atom. The summed E-state index contributed by atoms with van der Waals surface area (Å²) in [5, 5.41) is 0. The molecule has 4 aromatic rings. The molecule has 0 bridgehead atoms. The molecule has 3 aromatic heterocycles. The number of hydrogen-bond donors (Lipinski definition) is 0. The van der Waals surface area contributed by atoms with Crippen molar-refractivity contribution in [1.29, 1.82) is 0 Å². The Hall–Kier alpha value is -4.00. The lowest BCUT2D eigenvalue weighted by Crippen LogP contribution is -2.03. The second-order valence-corrected chi connectivity index (χ2v) is 5.51. The third-order valence-corrected chi connectivity index (χ3v) is 3.73. The summed E-state index contributed by atoms with van der Waals surface area (Å²) in [6, 6.07) is 12.0. The van der Waals surface area contributed by atoms with E-state index in [1.807, 2.05) is 0 Å². The topological polar surface area (TPSA) is 90.8 Å². The predicted octanol–water partition coefficient (Wildman–Crippen LogP) is 3.35. The van der Waals surface area contributed by atoms with Crippen LogP contribution in [0.15, 0.2) is 79.8 Å². The number of nitrogens with zero attached hydrogens (tertiary/aromatic N) is 5. The van der Waals surface area contributed by atoms with Crippen molar-refractivity contribution in [3.8, 4) is 22.9 Å². The highest BCUT2D eigenvalue weighted by Crippen LogP contribution is 2.28. The van der Waals surface area contributed by atoms with Crippen molar-refractivity contribution in [2.75, 3.05) is 0 Å². The lowest BCUT2D eigenvalue weighted by atomic mass is 10.1. The zero-order valence-electron chi connectivity index (χ0n) is 14.1. The van der Waals surface area contributed by atoms with Gasteiger partial charge >= 0.3 is 0 Å². The zero-order valence-corrected chi connectivity index (χ0v) is 14.1. The molecule has 0 radical (unpaired) electrons. The molecule has 7 heteroatoms. The lowest BCUT2D eigenvalue weighted by Gasteiger charge is -2.09. The molecule has 0 aliphatic heterocycles. The molecule has 0 spiro atoms. The van der Waals surface area contributed by atoms with Gasteiger partial charge in [-0.25, -0.2) is 19.9 Å². The van der Waals surface area contributed by atoms with E-state index in [0.717, 1.165) is 0 Å². The molecular weight excluding hydrogens is 342 g/mol. The second kappa shape index (κ2) is 7.49. The van der Waals surface area contributed by atoms with E-state index in [-0.39, 0.29) is 5.78 Å². The Kier molecular flexibility index (Phi) is 4.57. The Morgan fingerprint density at radius 1 is 0.815 bits per heavy atom. The number of aromatic nitrogens is 5. The second-order valence-electron chi connectivity index (χ2n) is 5.51. The average molecular weight is 355 g/mol. The summed E-state index contributed by atoms with van der Waals surface area (Å²) < 4.78 is 5.85.